The number of hydrogen-bond acceptors (Lipinski definition) is 5. The molecule has 6 nitrogen and oxygen atoms in total. The number of alkyl halides is 1. The normalized spacial score (nSPS) is 14.6. The van der Waals surface area contributed by atoms with E-state index in [2.05, 4.69) is 15.5 Å². The van der Waals surface area contributed by atoms with E-state index in [0.717, 1.165) is 0 Å². The first-order valence-corrected chi connectivity index (χ1v) is 4.95. The van der Waals surface area contributed by atoms with E-state index < -0.39 is 0 Å². The molecule has 84 valence electrons. The van der Waals surface area contributed by atoms with Crippen molar-refractivity contribution in [2.75, 3.05) is 5.32 Å². The number of anilines is 1. The Morgan fingerprint density at radius 3 is 2.73 bits per heavy atom. The predicted octanol–water partition coefficient (Wildman–Crippen LogP) is 1.05. The van der Waals surface area contributed by atoms with Crippen molar-refractivity contribution in [1.82, 2.24) is 10.2 Å². The predicted molar refractivity (Wildman–Crippen MR) is 55.5 cm³/mol. The van der Waals surface area contributed by atoms with E-state index >= 15 is 0 Å². The molecule has 3 N–H and O–H groups in total. The number of carbonyl (C=O) groups is 1. The third-order valence-electron chi connectivity index (χ3n) is 1.66. The van der Waals surface area contributed by atoms with Crippen LogP contribution in [0.15, 0.2) is 4.42 Å². The first-order valence-electron chi connectivity index (χ1n) is 4.51. The number of nitrogens with one attached hydrogen (secondary N) is 1. The molecule has 15 heavy (non-hydrogen) atoms. The lowest BCUT2D eigenvalue weighted by atomic mass is 10.2. The van der Waals surface area contributed by atoms with Gasteiger partial charge in [-0.25, -0.2) is 0 Å². The maximum absolute atomic E-state index is 10.6. The summed E-state index contributed by atoms with van der Waals surface area (Å²) in [5, 5.41) is 9.96. The molecule has 1 heterocycles. The van der Waals surface area contributed by atoms with E-state index in [1.54, 1.807) is 13.8 Å². The van der Waals surface area contributed by atoms with Crippen molar-refractivity contribution in [1.29, 1.82) is 0 Å². The molecule has 1 amide bonds. The molecule has 0 aliphatic rings. The Labute approximate surface area is 92.2 Å². The van der Waals surface area contributed by atoms with Gasteiger partial charge in [-0.3, -0.25) is 4.79 Å². The minimum absolute atomic E-state index is 0.151. The van der Waals surface area contributed by atoms with Crippen LogP contribution in [0.1, 0.15) is 31.5 Å². The molecular weight excluding hydrogens is 220 g/mol. The molecule has 1 aromatic rings. The fourth-order valence-corrected chi connectivity index (χ4v) is 1.11. The molecule has 0 aliphatic heterocycles. The summed E-state index contributed by atoms with van der Waals surface area (Å²) in [6, 6.07) is 0.0904. The van der Waals surface area contributed by atoms with Crippen LogP contribution in [-0.2, 0) is 4.79 Å². The van der Waals surface area contributed by atoms with Gasteiger partial charge in [-0.1, -0.05) is 5.10 Å². The summed E-state index contributed by atoms with van der Waals surface area (Å²) in [6.07, 6.45) is 0.203. The van der Waals surface area contributed by atoms with Gasteiger partial charge in [-0.05, 0) is 13.8 Å². The monoisotopic (exact) mass is 232 g/mol. The van der Waals surface area contributed by atoms with E-state index in [-0.39, 0.29) is 29.8 Å². The molecule has 2 atom stereocenters. The van der Waals surface area contributed by atoms with Gasteiger partial charge < -0.3 is 15.5 Å². The average Bonchev–Trinajstić information content (AvgIpc) is 2.50. The standard InChI is InChI=1S/C8H13ClN4O2/c1-4(3-6(10)14)11-8-13-12-7(15-8)5(2)9/h4-5H,3H2,1-2H3,(H2,10,14)(H,11,13). The smallest absolute Gasteiger partial charge is 0.315 e. The van der Waals surface area contributed by atoms with Crippen molar-refractivity contribution in [3.8, 4) is 0 Å². The lowest BCUT2D eigenvalue weighted by Crippen LogP contribution is -2.24. The highest BCUT2D eigenvalue weighted by Gasteiger charge is 2.13. The number of hydrogen-bond donors (Lipinski definition) is 2. The van der Waals surface area contributed by atoms with Crippen LogP contribution >= 0.6 is 11.6 Å². The van der Waals surface area contributed by atoms with Crippen LogP contribution in [-0.4, -0.2) is 22.1 Å². The van der Waals surface area contributed by atoms with Crippen molar-refractivity contribution >= 4 is 23.5 Å². The van der Waals surface area contributed by atoms with Crippen LogP contribution in [0.3, 0.4) is 0 Å². The maximum atomic E-state index is 10.6. The second kappa shape index (κ2) is 4.97. The summed E-state index contributed by atoms with van der Waals surface area (Å²) < 4.78 is 5.18. The van der Waals surface area contributed by atoms with Gasteiger partial charge in [-0.2, -0.15) is 0 Å². The Bertz CT molecular complexity index is 339. The van der Waals surface area contributed by atoms with Gasteiger partial charge in [0, 0.05) is 12.5 Å². The van der Waals surface area contributed by atoms with Crippen LogP contribution in [0.25, 0.3) is 0 Å². The maximum Gasteiger partial charge on any atom is 0.315 e. The van der Waals surface area contributed by atoms with Crippen molar-refractivity contribution in [3.63, 3.8) is 0 Å². The summed E-state index contributed by atoms with van der Waals surface area (Å²) in [7, 11) is 0. The SMILES string of the molecule is CC(CC(N)=O)Nc1nnc(C(C)Cl)o1. The van der Waals surface area contributed by atoms with Crippen LogP contribution < -0.4 is 11.1 Å². The lowest BCUT2D eigenvalue weighted by molar-refractivity contribution is -0.118. The molecule has 0 aliphatic carbocycles. The Kier molecular flexibility index (Phi) is 3.90. The highest BCUT2D eigenvalue weighted by molar-refractivity contribution is 6.20. The number of nitrogens with two attached hydrogens (primary N) is 1. The van der Waals surface area contributed by atoms with Crippen molar-refractivity contribution in [2.45, 2.75) is 31.7 Å². The zero-order chi connectivity index (χ0) is 11.4. The van der Waals surface area contributed by atoms with E-state index in [1.165, 1.54) is 0 Å². The van der Waals surface area contributed by atoms with E-state index in [9.17, 15) is 4.79 Å². The van der Waals surface area contributed by atoms with Gasteiger partial charge in [0.2, 0.25) is 11.8 Å². The number of amides is 1. The number of rotatable bonds is 5. The number of carbonyl (C=O) groups excluding carboxylic acids is 1. The Morgan fingerprint density at radius 2 is 2.27 bits per heavy atom. The third kappa shape index (κ3) is 3.75. The van der Waals surface area contributed by atoms with Gasteiger partial charge in [0.25, 0.3) is 0 Å². The van der Waals surface area contributed by atoms with Crippen molar-refractivity contribution in [2.24, 2.45) is 5.73 Å². The molecule has 1 aromatic heterocycles. The third-order valence-corrected chi connectivity index (χ3v) is 1.84. The molecule has 0 saturated carbocycles. The second-order valence-corrected chi connectivity index (χ2v) is 3.93. The fourth-order valence-electron chi connectivity index (χ4n) is 1.02. The second-order valence-electron chi connectivity index (χ2n) is 3.28. The van der Waals surface area contributed by atoms with Gasteiger partial charge in [-0.15, -0.1) is 16.7 Å². The van der Waals surface area contributed by atoms with Crippen molar-refractivity contribution < 1.29 is 9.21 Å². The molecule has 0 saturated heterocycles. The van der Waals surface area contributed by atoms with Crippen molar-refractivity contribution in [3.05, 3.63) is 5.89 Å². The van der Waals surface area contributed by atoms with Crippen LogP contribution in [0, 0.1) is 0 Å². The molecule has 2 unspecified atom stereocenters. The van der Waals surface area contributed by atoms with Gasteiger partial charge in [0.05, 0.1) is 0 Å². The highest BCUT2D eigenvalue weighted by atomic mass is 35.5. The molecule has 0 bridgehead atoms. The Morgan fingerprint density at radius 1 is 1.60 bits per heavy atom. The van der Waals surface area contributed by atoms with Gasteiger partial charge in [0.1, 0.15) is 5.38 Å². The first-order chi connectivity index (χ1) is 6.99. The lowest BCUT2D eigenvalue weighted by Gasteiger charge is -2.08. The first kappa shape index (κ1) is 11.8. The van der Waals surface area contributed by atoms with E-state index in [0.29, 0.717) is 5.89 Å². The van der Waals surface area contributed by atoms with Crippen LogP contribution in [0.4, 0.5) is 6.01 Å². The minimum atomic E-state index is -0.388. The fraction of sp³-hybridized carbons (Fsp3) is 0.625. The van der Waals surface area contributed by atoms with Crippen LogP contribution in [0.2, 0.25) is 0 Å². The van der Waals surface area contributed by atoms with E-state index in [4.69, 9.17) is 21.8 Å². The Balaban J connectivity index is 2.53. The quantitative estimate of drug-likeness (QED) is 0.740. The highest BCUT2D eigenvalue weighted by Crippen LogP contribution is 2.19. The van der Waals surface area contributed by atoms with E-state index in [1.807, 2.05) is 0 Å². The summed E-state index contributed by atoms with van der Waals surface area (Å²) in [4.78, 5) is 10.6. The van der Waals surface area contributed by atoms with Gasteiger partial charge >= 0.3 is 6.01 Å². The average molecular weight is 233 g/mol. The van der Waals surface area contributed by atoms with Crippen LogP contribution in [0.5, 0.6) is 0 Å². The summed E-state index contributed by atoms with van der Waals surface area (Å²) >= 11 is 5.74. The summed E-state index contributed by atoms with van der Waals surface area (Å²) in [6.45, 7) is 3.52. The molecule has 0 radical (unpaired) electrons. The molecule has 0 aromatic carbocycles. The number of aromatic nitrogens is 2. The molecule has 1 rings (SSSR count). The zero-order valence-electron chi connectivity index (χ0n) is 8.53. The number of halogens is 1. The molecule has 0 fully saturated rings. The van der Waals surface area contributed by atoms with Gasteiger partial charge in [0.15, 0.2) is 0 Å². The zero-order valence-corrected chi connectivity index (χ0v) is 9.28. The number of nitrogens with zero attached hydrogens (tertiary/aromatic N) is 2. The molecule has 7 heteroatoms. The largest absolute Gasteiger partial charge is 0.406 e. The minimum Gasteiger partial charge on any atom is -0.406 e. The molecular formula is C8H13ClN4O2. The Hall–Kier alpha value is -1.30. The summed E-state index contributed by atoms with van der Waals surface area (Å²) in [5.41, 5.74) is 5.03. The summed E-state index contributed by atoms with van der Waals surface area (Å²) in [5.74, 6) is -0.0501. The topological polar surface area (TPSA) is 94.0 Å². The number of primary amides is 1. The molecule has 0 spiro atoms.